The van der Waals surface area contributed by atoms with Crippen molar-refractivity contribution in [3.8, 4) is 0 Å². The molecule has 0 radical (unpaired) electrons. The Labute approximate surface area is 158 Å². The Morgan fingerprint density at radius 1 is 1.39 bits per heavy atom. The minimum Gasteiger partial charge on any atom is -0.447 e. The first kappa shape index (κ1) is 20.4. The number of halogens is 4. The average molecular weight is 404 g/mol. The fourth-order valence-corrected chi connectivity index (χ4v) is 3.16. The molecule has 0 saturated carbocycles. The number of carbonyl (C=O) groups is 2. The summed E-state index contributed by atoms with van der Waals surface area (Å²) in [5.41, 5.74) is -1.02. The monoisotopic (exact) mass is 404 g/mol. The summed E-state index contributed by atoms with van der Waals surface area (Å²) in [5.74, 6) is -1.36. The fourth-order valence-electron chi connectivity index (χ4n) is 3.16. The first-order valence-electron chi connectivity index (χ1n) is 8.82. The summed E-state index contributed by atoms with van der Waals surface area (Å²) < 4.78 is 61.7. The zero-order valence-corrected chi connectivity index (χ0v) is 15.1. The second kappa shape index (κ2) is 7.94. The van der Waals surface area contributed by atoms with Crippen LogP contribution >= 0.6 is 0 Å². The van der Waals surface area contributed by atoms with Crippen LogP contribution < -0.4 is 5.32 Å². The standard InChI is InChI=1S/C18H20F4N2O4/c1-10(4-13-9-28-17(26)23-13)16(25)24-6-14(7-24)27-8-11-2-3-12(5-15(11)19)18(20,21)22/h2-3,5,10,13-14H,4,6-9H2,1H3,(H,23,26)/t10?,13-/m1/s1. The molecule has 2 aliphatic rings. The lowest BCUT2D eigenvalue weighted by Gasteiger charge is -2.40. The number of hydrogen-bond donors (Lipinski definition) is 1. The summed E-state index contributed by atoms with van der Waals surface area (Å²) >= 11 is 0. The van der Waals surface area contributed by atoms with Crippen molar-refractivity contribution >= 4 is 12.0 Å². The number of benzene rings is 1. The Kier molecular flexibility index (Phi) is 5.78. The molecule has 1 aromatic carbocycles. The fraction of sp³-hybridized carbons (Fsp3) is 0.556. The van der Waals surface area contributed by atoms with E-state index in [1.54, 1.807) is 11.8 Å². The number of nitrogens with zero attached hydrogens (tertiary/aromatic N) is 1. The van der Waals surface area contributed by atoms with Crippen molar-refractivity contribution in [2.24, 2.45) is 5.92 Å². The molecular formula is C18H20F4N2O4. The van der Waals surface area contributed by atoms with Crippen LogP contribution in [0, 0.1) is 11.7 Å². The van der Waals surface area contributed by atoms with Gasteiger partial charge >= 0.3 is 12.3 Å². The van der Waals surface area contributed by atoms with Gasteiger partial charge in [-0.25, -0.2) is 9.18 Å². The molecule has 3 rings (SSSR count). The van der Waals surface area contributed by atoms with Crippen molar-refractivity contribution < 1.29 is 36.6 Å². The summed E-state index contributed by atoms with van der Waals surface area (Å²) in [7, 11) is 0. The van der Waals surface area contributed by atoms with Crippen molar-refractivity contribution in [1.82, 2.24) is 10.2 Å². The highest BCUT2D eigenvalue weighted by molar-refractivity contribution is 5.79. The van der Waals surface area contributed by atoms with E-state index < -0.39 is 23.7 Å². The molecule has 0 aliphatic carbocycles. The predicted molar refractivity (Wildman–Crippen MR) is 88.6 cm³/mol. The Morgan fingerprint density at radius 3 is 2.68 bits per heavy atom. The van der Waals surface area contributed by atoms with Gasteiger partial charge in [0.25, 0.3) is 0 Å². The summed E-state index contributed by atoms with van der Waals surface area (Å²) in [4.78, 5) is 24.9. The van der Waals surface area contributed by atoms with Crippen LogP contribution in [-0.4, -0.2) is 48.7 Å². The lowest BCUT2D eigenvalue weighted by atomic mass is 9.99. The first-order chi connectivity index (χ1) is 13.1. The molecule has 28 heavy (non-hydrogen) atoms. The number of likely N-dealkylation sites (tertiary alicyclic amines) is 1. The van der Waals surface area contributed by atoms with Crippen molar-refractivity contribution in [2.75, 3.05) is 19.7 Å². The minimum atomic E-state index is -4.60. The van der Waals surface area contributed by atoms with Gasteiger partial charge < -0.3 is 19.7 Å². The van der Waals surface area contributed by atoms with Crippen molar-refractivity contribution in [3.63, 3.8) is 0 Å². The summed E-state index contributed by atoms with van der Waals surface area (Å²) in [6, 6.07) is 2.12. The number of cyclic esters (lactones) is 1. The van der Waals surface area contributed by atoms with Gasteiger partial charge in [0, 0.05) is 24.6 Å². The normalized spacial score (nSPS) is 21.1. The highest BCUT2D eigenvalue weighted by Crippen LogP contribution is 2.30. The van der Waals surface area contributed by atoms with Crippen LogP contribution in [0.5, 0.6) is 0 Å². The molecule has 0 spiro atoms. The van der Waals surface area contributed by atoms with Crippen LogP contribution in [0.1, 0.15) is 24.5 Å². The lowest BCUT2D eigenvalue weighted by molar-refractivity contribution is -0.150. The molecule has 2 saturated heterocycles. The zero-order chi connectivity index (χ0) is 20.5. The van der Waals surface area contributed by atoms with E-state index in [9.17, 15) is 27.2 Å². The van der Waals surface area contributed by atoms with Crippen LogP contribution in [0.3, 0.4) is 0 Å². The highest BCUT2D eigenvalue weighted by Gasteiger charge is 2.36. The molecule has 1 N–H and O–H groups in total. The quantitative estimate of drug-likeness (QED) is 0.741. The number of alkyl carbamates (subject to hydrolysis) is 1. The van der Waals surface area contributed by atoms with Crippen LogP contribution in [0.4, 0.5) is 22.4 Å². The highest BCUT2D eigenvalue weighted by atomic mass is 19.4. The molecule has 0 aromatic heterocycles. The van der Waals surface area contributed by atoms with Gasteiger partial charge in [0.05, 0.1) is 24.3 Å². The van der Waals surface area contributed by atoms with Gasteiger partial charge in [-0.05, 0) is 18.6 Å². The Morgan fingerprint density at radius 2 is 2.11 bits per heavy atom. The van der Waals surface area contributed by atoms with Crippen molar-refractivity contribution in [1.29, 1.82) is 0 Å². The molecule has 1 aromatic rings. The van der Waals surface area contributed by atoms with E-state index in [0.717, 1.165) is 12.1 Å². The van der Waals surface area contributed by atoms with Gasteiger partial charge in [-0.1, -0.05) is 13.0 Å². The van der Waals surface area contributed by atoms with Crippen molar-refractivity contribution in [3.05, 3.63) is 35.1 Å². The number of ether oxygens (including phenoxy) is 2. The van der Waals surface area contributed by atoms with Crippen molar-refractivity contribution in [2.45, 2.75) is 38.3 Å². The number of carbonyl (C=O) groups excluding carboxylic acids is 2. The zero-order valence-electron chi connectivity index (χ0n) is 15.1. The summed E-state index contributed by atoms with van der Waals surface area (Å²) in [6.07, 6.45) is -4.92. The first-order valence-corrected chi connectivity index (χ1v) is 8.82. The van der Waals surface area contributed by atoms with E-state index in [0.29, 0.717) is 25.6 Å². The maximum Gasteiger partial charge on any atom is 0.416 e. The Balaban J connectivity index is 1.42. The molecule has 2 atom stereocenters. The van der Waals surface area contributed by atoms with Gasteiger partial charge in [-0.2, -0.15) is 13.2 Å². The minimum absolute atomic E-state index is 0.0307. The molecule has 154 valence electrons. The van der Waals surface area contributed by atoms with Crippen LogP contribution in [0.2, 0.25) is 0 Å². The second-order valence-electron chi connectivity index (χ2n) is 7.06. The average Bonchev–Trinajstić information content (AvgIpc) is 2.98. The largest absolute Gasteiger partial charge is 0.447 e. The van der Waals surface area contributed by atoms with Gasteiger partial charge in [-0.3, -0.25) is 4.79 Å². The molecule has 10 heteroatoms. The van der Waals surface area contributed by atoms with E-state index in [1.165, 1.54) is 0 Å². The number of hydrogen-bond acceptors (Lipinski definition) is 4. The van der Waals surface area contributed by atoms with Gasteiger partial charge in [0.2, 0.25) is 5.91 Å². The number of alkyl halides is 3. The maximum absolute atomic E-state index is 13.8. The Hall–Kier alpha value is -2.36. The summed E-state index contributed by atoms with van der Waals surface area (Å²) in [6.45, 7) is 2.50. The molecule has 0 bridgehead atoms. The van der Waals surface area contributed by atoms with E-state index in [4.69, 9.17) is 9.47 Å². The van der Waals surface area contributed by atoms with Crippen LogP contribution in [-0.2, 0) is 27.1 Å². The number of amides is 2. The lowest BCUT2D eigenvalue weighted by Crippen LogP contribution is -2.56. The Bertz CT molecular complexity index is 750. The number of nitrogens with one attached hydrogen (secondary N) is 1. The van der Waals surface area contributed by atoms with E-state index in [1.807, 2.05) is 0 Å². The SMILES string of the molecule is CC(C[C@@H]1COC(=O)N1)C(=O)N1CC(OCc2ccc(C(F)(F)F)cc2F)C1. The topological polar surface area (TPSA) is 67.9 Å². The third-order valence-electron chi connectivity index (χ3n) is 4.81. The third kappa shape index (κ3) is 4.73. The molecule has 2 amide bonds. The number of rotatable bonds is 6. The van der Waals surface area contributed by atoms with E-state index >= 15 is 0 Å². The predicted octanol–water partition coefficient (Wildman–Crippen LogP) is 2.71. The smallest absolute Gasteiger partial charge is 0.416 e. The molecule has 6 nitrogen and oxygen atoms in total. The molecule has 2 aliphatic heterocycles. The molecule has 2 heterocycles. The van der Waals surface area contributed by atoms with E-state index in [-0.39, 0.29) is 42.7 Å². The molecular weight excluding hydrogens is 384 g/mol. The van der Waals surface area contributed by atoms with Crippen LogP contribution in [0.15, 0.2) is 18.2 Å². The molecule has 1 unspecified atom stereocenters. The summed E-state index contributed by atoms with van der Waals surface area (Å²) in [5, 5.41) is 2.62. The maximum atomic E-state index is 13.8. The second-order valence-corrected chi connectivity index (χ2v) is 7.06. The van der Waals surface area contributed by atoms with Crippen LogP contribution in [0.25, 0.3) is 0 Å². The van der Waals surface area contributed by atoms with Gasteiger partial charge in [0.15, 0.2) is 0 Å². The molecule has 2 fully saturated rings. The van der Waals surface area contributed by atoms with Gasteiger partial charge in [-0.15, -0.1) is 0 Å². The third-order valence-corrected chi connectivity index (χ3v) is 4.81. The van der Waals surface area contributed by atoms with Gasteiger partial charge in [0.1, 0.15) is 12.4 Å². The van der Waals surface area contributed by atoms with E-state index in [2.05, 4.69) is 5.32 Å².